The van der Waals surface area contributed by atoms with Crippen LogP contribution in [0.2, 0.25) is 5.02 Å². The number of benzene rings is 2. The van der Waals surface area contributed by atoms with E-state index in [-0.39, 0.29) is 0 Å². The molecule has 1 aliphatic rings. The highest BCUT2D eigenvalue weighted by molar-refractivity contribution is 6.31. The summed E-state index contributed by atoms with van der Waals surface area (Å²) >= 11 is 6.20. The van der Waals surface area contributed by atoms with E-state index < -0.39 is 0 Å². The summed E-state index contributed by atoms with van der Waals surface area (Å²) in [5.74, 6) is 1.49. The predicted octanol–water partition coefficient (Wildman–Crippen LogP) is 5.19. The van der Waals surface area contributed by atoms with Crippen molar-refractivity contribution >= 4 is 28.5 Å². The Morgan fingerprint density at radius 3 is 2.71 bits per heavy atom. The maximum absolute atomic E-state index is 6.20. The molecule has 1 fully saturated rings. The lowest BCUT2D eigenvalue weighted by Crippen LogP contribution is -2.35. The lowest BCUT2D eigenvalue weighted by Gasteiger charge is -2.31. The zero-order valence-electron chi connectivity index (χ0n) is 13.7. The predicted molar refractivity (Wildman–Crippen MR) is 101 cm³/mol. The Labute approximate surface area is 147 Å². The van der Waals surface area contributed by atoms with Gasteiger partial charge in [0.05, 0.1) is 11.2 Å². The van der Waals surface area contributed by atoms with Crippen LogP contribution in [0.25, 0.3) is 22.2 Å². The lowest BCUT2D eigenvalue weighted by atomic mass is 10.0. The molecule has 4 rings (SSSR count). The second-order valence-corrected chi connectivity index (χ2v) is 7.03. The van der Waals surface area contributed by atoms with Crippen LogP contribution in [0, 0.1) is 5.92 Å². The van der Waals surface area contributed by atoms with Gasteiger partial charge < -0.3 is 4.90 Å². The number of anilines is 1. The number of hydrogen-bond donors (Lipinski definition) is 0. The normalized spacial score (nSPS) is 18.1. The lowest BCUT2D eigenvalue weighted by molar-refractivity contribution is 0.442. The van der Waals surface area contributed by atoms with Crippen LogP contribution in [0.3, 0.4) is 0 Å². The van der Waals surface area contributed by atoms with Crippen molar-refractivity contribution < 1.29 is 0 Å². The summed E-state index contributed by atoms with van der Waals surface area (Å²) in [6.45, 7) is 4.33. The van der Waals surface area contributed by atoms with Gasteiger partial charge >= 0.3 is 0 Å². The molecule has 1 unspecified atom stereocenters. The van der Waals surface area contributed by atoms with Crippen molar-refractivity contribution in [1.29, 1.82) is 0 Å². The largest absolute Gasteiger partial charge is 0.341 e. The van der Waals surface area contributed by atoms with Crippen molar-refractivity contribution in [2.45, 2.75) is 19.8 Å². The number of nitrogens with zero attached hydrogens (tertiary/aromatic N) is 3. The summed E-state index contributed by atoms with van der Waals surface area (Å²) in [6.07, 6.45) is 2.47. The van der Waals surface area contributed by atoms with Crippen molar-refractivity contribution in [2.75, 3.05) is 18.0 Å². The average Bonchev–Trinajstić information content (AvgIpc) is 2.61. The number of fused-ring (bicyclic) bond motifs is 1. The Morgan fingerprint density at radius 2 is 1.92 bits per heavy atom. The number of aromatic nitrogens is 2. The first-order valence-corrected chi connectivity index (χ1v) is 8.86. The van der Waals surface area contributed by atoms with E-state index in [4.69, 9.17) is 21.6 Å². The van der Waals surface area contributed by atoms with Crippen LogP contribution in [0.1, 0.15) is 19.8 Å². The molecule has 2 heterocycles. The number of halogens is 1. The second-order valence-electron chi connectivity index (χ2n) is 6.59. The van der Waals surface area contributed by atoms with Crippen LogP contribution in [0.4, 0.5) is 5.95 Å². The number of hydrogen-bond acceptors (Lipinski definition) is 3. The molecule has 122 valence electrons. The molecule has 3 aromatic rings. The van der Waals surface area contributed by atoms with Gasteiger partial charge in [-0.1, -0.05) is 48.9 Å². The molecule has 0 amide bonds. The van der Waals surface area contributed by atoms with Crippen LogP contribution < -0.4 is 4.90 Å². The molecule has 0 N–H and O–H groups in total. The first-order valence-electron chi connectivity index (χ1n) is 8.48. The van der Waals surface area contributed by atoms with E-state index in [1.165, 1.54) is 12.8 Å². The summed E-state index contributed by atoms with van der Waals surface area (Å²) in [5, 5.41) is 1.75. The number of rotatable bonds is 2. The third-order valence-corrected chi connectivity index (χ3v) is 4.87. The Bertz CT molecular complexity index is 863. The summed E-state index contributed by atoms with van der Waals surface area (Å²) in [4.78, 5) is 12.0. The highest BCUT2D eigenvalue weighted by atomic mass is 35.5. The van der Waals surface area contributed by atoms with Crippen LogP contribution in [0.5, 0.6) is 0 Å². The molecule has 2 aromatic carbocycles. The molecule has 1 aromatic heterocycles. The maximum Gasteiger partial charge on any atom is 0.226 e. The Hall–Kier alpha value is -2.13. The van der Waals surface area contributed by atoms with Crippen molar-refractivity contribution in [2.24, 2.45) is 5.92 Å². The highest BCUT2D eigenvalue weighted by Crippen LogP contribution is 2.31. The van der Waals surface area contributed by atoms with Gasteiger partial charge in [0, 0.05) is 29.1 Å². The SMILES string of the molecule is CC1CCCN(c2nc(-c3ccccc3)c3ccc(Cl)cc3n2)C1. The van der Waals surface area contributed by atoms with Crippen molar-refractivity contribution in [3.8, 4) is 11.3 Å². The minimum atomic E-state index is 0.678. The van der Waals surface area contributed by atoms with E-state index >= 15 is 0 Å². The molecule has 24 heavy (non-hydrogen) atoms. The smallest absolute Gasteiger partial charge is 0.226 e. The average molecular weight is 338 g/mol. The molecular formula is C20H20ClN3. The molecule has 3 nitrogen and oxygen atoms in total. The summed E-state index contributed by atoms with van der Waals surface area (Å²) < 4.78 is 0. The van der Waals surface area contributed by atoms with Gasteiger partial charge in [0.2, 0.25) is 5.95 Å². The van der Waals surface area contributed by atoms with Gasteiger partial charge in [0.15, 0.2) is 0 Å². The highest BCUT2D eigenvalue weighted by Gasteiger charge is 2.20. The van der Waals surface area contributed by atoms with Crippen LogP contribution in [-0.2, 0) is 0 Å². The number of piperidine rings is 1. The minimum Gasteiger partial charge on any atom is -0.341 e. The van der Waals surface area contributed by atoms with Crippen LogP contribution >= 0.6 is 11.6 Å². The van der Waals surface area contributed by atoms with Gasteiger partial charge in [-0.05, 0) is 37.0 Å². The molecule has 1 aliphatic heterocycles. The zero-order valence-corrected chi connectivity index (χ0v) is 14.5. The van der Waals surface area contributed by atoms with Gasteiger partial charge in [0.1, 0.15) is 0 Å². The Morgan fingerprint density at radius 1 is 1.08 bits per heavy atom. The third-order valence-electron chi connectivity index (χ3n) is 4.63. The summed E-state index contributed by atoms with van der Waals surface area (Å²) in [6, 6.07) is 16.2. The second kappa shape index (κ2) is 6.40. The van der Waals surface area contributed by atoms with E-state index in [1.807, 2.05) is 36.4 Å². The van der Waals surface area contributed by atoms with Gasteiger partial charge in [0.25, 0.3) is 0 Å². The van der Waals surface area contributed by atoms with Crippen molar-refractivity contribution in [1.82, 2.24) is 9.97 Å². The topological polar surface area (TPSA) is 29.0 Å². The molecule has 0 radical (unpaired) electrons. The summed E-state index contributed by atoms with van der Waals surface area (Å²) in [7, 11) is 0. The molecule has 0 bridgehead atoms. The Kier molecular flexibility index (Phi) is 4.11. The first-order chi connectivity index (χ1) is 11.7. The molecule has 4 heteroatoms. The van der Waals surface area contributed by atoms with E-state index in [0.29, 0.717) is 10.9 Å². The van der Waals surface area contributed by atoms with Crippen LogP contribution in [0.15, 0.2) is 48.5 Å². The van der Waals surface area contributed by atoms with E-state index in [0.717, 1.165) is 41.2 Å². The van der Waals surface area contributed by atoms with Crippen LogP contribution in [-0.4, -0.2) is 23.1 Å². The molecular weight excluding hydrogens is 318 g/mol. The first kappa shape index (κ1) is 15.4. The quantitative estimate of drug-likeness (QED) is 0.644. The van der Waals surface area contributed by atoms with Crippen molar-refractivity contribution in [3.05, 3.63) is 53.6 Å². The van der Waals surface area contributed by atoms with Gasteiger partial charge in [-0.3, -0.25) is 0 Å². The molecule has 0 aliphatic carbocycles. The minimum absolute atomic E-state index is 0.678. The van der Waals surface area contributed by atoms with Gasteiger partial charge in [-0.15, -0.1) is 0 Å². The van der Waals surface area contributed by atoms with E-state index in [9.17, 15) is 0 Å². The fourth-order valence-corrected chi connectivity index (χ4v) is 3.59. The standard InChI is InChI=1S/C20H20ClN3/c1-14-6-5-11-24(13-14)20-22-18-12-16(21)9-10-17(18)19(23-20)15-7-3-2-4-8-15/h2-4,7-10,12,14H,5-6,11,13H2,1H3. The maximum atomic E-state index is 6.20. The monoisotopic (exact) mass is 337 g/mol. The molecule has 1 saturated heterocycles. The molecule has 0 saturated carbocycles. The third kappa shape index (κ3) is 2.96. The van der Waals surface area contributed by atoms with E-state index in [2.05, 4.69) is 24.0 Å². The van der Waals surface area contributed by atoms with E-state index in [1.54, 1.807) is 0 Å². The molecule has 1 atom stereocenters. The van der Waals surface area contributed by atoms with Crippen molar-refractivity contribution in [3.63, 3.8) is 0 Å². The fourth-order valence-electron chi connectivity index (χ4n) is 3.42. The Balaban J connectivity index is 1.89. The molecule has 0 spiro atoms. The zero-order chi connectivity index (χ0) is 16.5. The van der Waals surface area contributed by atoms with Gasteiger partial charge in [-0.2, -0.15) is 0 Å². The van der Waals surface area contributed by atoms with Gasteiger partial charge in [-0.25, -0.2) is 9.97 Å². The summed E-state index contributed by atoms with van der Waals surface area (Å²) in [5.41, 5.74) is 2.99. The fraction of sp³-hybridized carbons (Fsp3) is 0.300.